The number of aromatic nitrogens is 3. The molecule has 0 saturated carbocycles. The van der Waals surface area contributed by atoms with Crippen molar-refractivity contribution < 1.29 is 14.3 Å². The number of carbonyl (C=O) groups is 2. The van der Waals surface area contributed by atoms with E-state index in [4.69, 9.17) is 4.74 Å². The number of benzene rings is 1. The van der Waals surface area contributed by atoms with Crippen LogP contribution in [0, 0.1) is 0 Å². The first kappa shape index (κ1) is 18.1. The van der Waals surface area contributed by atoms with Crippen molar-refractivity contribution in [2.24, 2.45) is 0 Å². The number of hydrogen-bond acceptors (Lipinski definition) is 5. The van der Waals surface area contributed by atoms with Crippen LogP contribution < -0.4 is 15.4 Å². The van der Waals surface area contributed by atoms with Gasteiger partial charge in [0.1, 0.15) is 5.75 Å². The lowest BCUT2D eigenvalue weighted by Crippen LogP contribution is -2.16. The van der Waals surface area contributed by atoms with E-state index >= 15 is 0 Å². The second kappa shape index (κ2) is 8.61. The monoisotopic (exact) mass is 365 g/mol. The molecule has 3 N–H and O–H groups in total. The summed E-state index contributed by atoms with van der Waals surface area (Å²) in [5, 5.41) is 12.1. The van der Waals surface area contributed by atoms with Crippen LogP contribution in [-0.2, 0) is 17.6 Å². The molecule has 138 valence electrons. The second-order valence-corrected chi connectivity index (χ2v) is 5.75. The number of H-pyrrole nitrogens is 1. The largest absolute Gasteiger partial charge is 0.497 e. The molecule has 0 aliphatic rings. The molecule has 2 aromatic heterocycles. The average molecular weight is 365 g/mol. The van der Waals surface area contributed by atoms with Crippen LogP contribution in [0.2, 0.25) is 0 Å². The molecule has 0 unspecified atom stereocenters. The quantitative estimate of drug-likeness (QED) is 0.531. The highest BCUT2D eigenvalue weighted by molar-refractivity contribution is 6.07. The van der Waals surface area contributed by atoms with Gasteiger partial charge in [0.2, 0.25) is 6.41 Å². The topological polar surface area (TPSA) is 109 Å². The van der Waals surface area contributed by atoms with Crippen molar-refractivity contribution in [2.75, 3.05) is 17.7 Å². The Bertz CT molecular complexity index is 938. The first-order valence-electron chi connectivity index (χ1n) is 8.33. The van der Waals surface area contributed by atoms with Crippen molar-refractivity contribution in [1.82, 2.24) is 15.2 Å². The maximum Gasteiger partial charge on any atom is 0.277 e. The highest BCUT2D eigenvalue weighted by Gasteiger charge is 2.14. The molecule has 0 radical (unpaired) electrons. The molecule has 0 fully saturated rings. The third-order valence-corrected chi connectivity index (χ3v) is 3.93. The Hall–Kier alpha value is -3.68. The molecular weight excluding hydrogens is 346 g/mol. The number of rotatable bonds is 8. The van der Waals surface area contributed by atoms with Gasteiger partial charge >= 0.3 is 0 Å². The zero-order valence-electron chi connectivity index (χ0n) is 14.7. The first-order valence-corrected chi connectivity index (χ1v) is 8.33. The van der Waals surface area contributed by atoms with Gasteiger partial charge in [-0.1, -0.05) is 12.1 Å². The molecule has 2 amide bonds. The number of pyridine rings is 1. The molecule has 2 heterocycles. The van der Waals surface area contributed by atoms with Crippen molar-refractivity contribution >= 4 is 23.8 Å². The lowest BCUT2D eigenvalue weighted by molar-refractivity contribution is -0.105. The highest BCUT2D eigenvalue weighted by atomic mass is 16.5. The fourth-order valence-electron chi connectivity index (χ4n) is 2.60. The molecule has 3 rings (SSSR count). The normalized spacial score (nSPS) is 10.3. The molecule has 27 heavy (non-hydrogen) atoms. The van der Waals surface area contributed by atoms with E-state index in [1.165, 1.54) is 6.20 Å². The van der Waals surface area contributed by atoms with E-state index in [0.29, 0.717) is 17.9 Å². The number of aryl methyl sites for hydroxylation is 2. The van der Waals surface area contributed by atoms with Gasteiger partial charge in [0, 0.05) is 18.0 Å². The van der Waals surface area contributed by atoms with Crippen LogP contribution in [0.3, 0.4) is 0 Å². The van der Waals surface area contributed by atoms with Gasteiger partial charge in [0.25, 0.3) is 5.91 Å². The Morgan fingerprint density at radius 3 is 2.93 bits per heavy atom. The fraction of sp³-hybridized carbons (Fsp3) is 0.158. The number of nitrogens with one attached hydrogen (secondary N) is 3. The summed E-state index contributed by atoms with van der Waals surface area (Å²) in [5.41, 5.74) is 2.48. The molecular formula is C19H19N5O3. The van der Waals surface area contributed by atoms with Crippen molar-refractivity contribution in [3.05, 3.63) is 65.6 Å². The van der Waals surface area contributed by atoms with Gasteiger partial charge in [-0.05, 0) is 42.7 Å². The summed E-state index contributed by atoms with van der Waals surface area (Å²) in [6.07, 6.45) is 3.52. The molecule has 1 aromatic carbocycles. The Kier molecular flexibility index (Phi) is 5.78. The van der Waals surface area contributed by atoms with Gasteiger partial charge in [-0.15, -0.1) is 0 Å². The number of carbonyl (C=O) groups excluding carboxylic acids is 2. The van der Waals surface area contributed by atoms with E-state index in [9.17, 15) is 9.59 Å². The number of methoxy groups -OCH3 is 1. The summed E-state index contributed by atoms with van der Waals surface area (Å²) < 4.78 is 5.22. The smallest absolute Gasteiger partial charge is 0.277 e. The predicted molar refractivity (Wildman–Crippen MR) is 101 cm³/mol. The van der Waals surface area contributed by atoms with E-state index in [2.05, 4.69) is 25.8 Å². The maximum atomic E-state index is 12.4. The SMILES string of the molecule is COc1cccc(CCc2cc(NC(=O)c3ncccc3NC=O)n[nH]2)c1. The van der Waals surface area contributed by atoms with Crippen molar-refractivity contribution in [3.8, 4) is 5.75 Å². The van der Waals surface area contributed by atoms with Gasteiger partial charge in [0.15, 0.2) is 11.5 Å². The van der Waals surface area contributed by atoms with Gasteiger partial charge in [-0.25, -0.2) is 4.98 Å². The van der Waals surface area contributed by atoms with E-state index in [1.807, 2.05) is 24.3 Å². The summed E-state index contributed by atoms with van der Waals surface area (Å²) >= 11 is 0. The van der Waals surface area contributed by atoms with Gasteiger partial charge in [-0.3, -0.25) is 14.7 Å². The van der Waals surface area contributed by atoms with Crippen LogP contribution in [0.25, 0.3) is 0 Å². The number of aromatic amines is 1. The summed E-state index contributed by atoms with van der Waals surface area (Å²) in [6, 6.07) is 12.9. The first-order chi connectivity index (χ1) is 13.2. The molecule has 0 aliphatic carbocycles. The number of hydrogen-bond donors (Lipinski definition) is 3. The average Bonchev–Trinajstić information content (AvgIpc) is 3.14. The van der Waals surface area contributed by atoms with Gasteiger partial charge in [-0.2, -0.15) is 5.10 Å². The number of nitrogens with zero attached hydrogens (tertiary/aromatic N) is 2. The van der Waals surface area contributed by atoms with Crippen LogP contribution >= 0.6 is 0 Å². The van der Waals surface area contributed by atoms with Crippen LogP contribution in [0.1, 0.15) is 21.7 Å². The van der Waals surface area contributed by atoms with E-state index in [-0.39, 0.29) is 5.69 Å². The van der Waals surface area contributed by atoms with Crippen molar-refractivity contribution in [1.29, 1.82) is 0 Å². The standard InChI is InChI=1S/C19H19N5O3/c1-27-15-5-2-4-13(10-15)7-8-14-11-17(24-23-14)22-19(26)18-16(21-12-25)6-3-9-20-18/h2-6,9-12H,7-8H2,1H3,(H,21,25)(H2,22,23,24,26). The van der Waals surface area contributed by atoms with Crippen LogP contribution in [0.5, 0.6) is 5.75 Å². The Balaban J connectivity index is 1.62. The Morgan fingerprint density at radius 2 is 2.11 bits per heavy atom. The van der Waals surface area contributed by atoms with Gasteiger partial charge in [0.05, 0.1) is 12.8 Å². The summed E-state index contributed by atoms with van der Waals surface area (Å²) in [7, 11) is 1.64. The van der Waals surface area contributed by atoms with E-state index in [0.717, 1.165) is 29.8 Å². The molecule has 0 aliphatic heterocycles. The van der Waals surface area contributed by atoms with Gasteiger partial charge < -0.3 is 15.4 Å². The molecule has 8 heteroatoms. The molecule has 0 atom stereocenters. The second-order valence-electron chi connectivity index (χ2n) is 5.75. The fourth-order valence-corrected chi connectivity index (χ4v) is 2.60. The molecule has 0 spiro atoms. The van der Waals surface area contributed by atoms with Crippen LogP contribution in [0.4, 0.5) is 11.5 Å². The molecule has 3 aromatic rings. The number of ether oxygens (including phenoxy) is 1. The molecule has 0 bridgehead atoms. The lowest BCUT2D eigenvalue weighted by Gasteiger charge is -2.06. The third kappa shape index (κ3) is 4.69. The van der Waals surface area contributed by atoms with E-state index in [1.54, 1.807) is 25.3 Å². The predicted octanol–water partition coefficient (Wildman–Crippen LogP) is 2.42. The minimum Gasteiger partial charge on any atom is -0.497 e. The Morgan fingerprint density at radius 1 is 1.22 bits per heavy atom. The van der Waals surface area contributed by atoms with Crippen molar-refractivity contribution in [2.45, 2.75) is 12.8 Å². The third-order valence-electron chi connectivity index (χ3n) is 3.93. The zero-order chi connectivity index (χ0) is 19.1. The van der Waals surface area contributed by atoms with Crippen molar-refractivity contribution in [3.63, 3.8) is 0 Å². The Labute approximate surface area is 156 Å². The van der Waals surface area contributed by atoms with E-state index < -0.39 is 5.91 Å². The van der Waals surface area contributed by atoms with Crippen LogP contribution in [-0.4, -0.2) is 34.6 Å². The van der Waals surface area contributed by atoms with Crippen LogP contribution in [0.15, 0.2) is 48.7 Å². The highest BCUT2D eigenvalue weighted by Crippen LogP contribution is 2.16. The summed E-state index contributed by atoms with van der Waals surface area (Å²) in [4.78, 5) is 27.0. The number of anilines is 2. The minimum absolute atomic E-state index is 0.116. The number of amides is 2. The molecule has 8 nitrogen and oxygen atoms in total. The lowest BCUT2D eigenvalue weighted by atomic mass is 10.1. The minimum atomic E-state index is -0.453. The zero-order valence-corrected chi connectivity index (χ0v) is 14.7. The maximum absolute atomic E-state index is 12.4. The molecule has 0 saturated heterocycles. The summed E-state index contributed by atoms with van der Waals surface area (Å²) in [6.45, 7) is 0. The summed E-state index contributed by atoms with van der Waals surface area (Å²) in [5.74, 6) is 0.759.